The van der Waals surface area contributed by atoms with Gasteiger partial charge >= 0.3 is 0 Å². The summed E-state index contributed by atoms with van der Waals surface area (Å²) in [5.41, 5.74) is 5.70. The summed E-state index contributed by atoms with van der Waals surface area (Å²) in [7, 11) is 1.90. The first kappa shape index (κ1) is 22.6. The van der Waals surface area contributed by atoms with Crippen LogP contribution in [0.3, 0.4) is 0 Å². The topological polar surface area (TPSA) is 85.0 Å². The van der Waals surface area contributed by atoms with Crippen LogP contribution in [0.5, 0.6) is 5.88 Å². The van der Waals surface area contributed by atoms with E-state index in [0.29, 0.717) is 24.6 Å². The zero-order valence-corrected chi connectivity index (χ0v) is 19.8. The Morgan fingerprint density at radius 1 is 1.11 bits per heavy atom. The van der Waals surface area contributed by atoms with Crippen molar-refractivity contribution >= 4 is 5.69 Å². The number of aryl methyl sites for hydroxylation is 1. The molecule has 2 aromatic heterocycles. The van der Waals surface area contributed by atoms with E-state index >= 15 is 0 Å². The molecule has 3 atom stereocenters. The predicted octanol–water partition coefficient (Wildman–Crippen LogP) is 5.09. The molecule has 0 fully saturated rings. The zero-order chi connectivity index (χ0) is 24.2. The first-order chi connectivity index (χ1) is 17.1. The number of aromatic nitrogens is 3. The quantitative estimate of drug-likeness (QED) is 0.409. The Bertz CT molecular complexity index is 1330. The molecule has 0 saturated carbocycles. The number of anilines is 1. The van der Waals surface area contributed by atoms with Gasteiger partial charge in [-0.3, -0.25) is 4.68 Å². The average Bonchev–Trinajstić information content (AvgIpc) is 3.35. The molecule has 5 rings (SSSR count). The lowest BCUT2D eigenvalue weighted by atomic mass is 9.99. The molecule has 0 saturated heterocycles. The van der Waals surface area contributed by atoms with Crippen molar-refractivity contribution in [2.24, 2.45) is 7.05 Å². The Balaban J connectivity index is 1.33. The molecule has 176 valence electrons. The Kier molecular flexibility index (Phi) is 6.47. The minimum atomic E-state index is -0.266. The second-order valence-corrected chi connectivity index (χ2v) is 8.82. The molecule has 0 amide bonds. The molecule has 4 aromatic rings. The van der Waals surface area contributed by atoms with Crippen molar-refractivity contribution in [3.05, 3.63) is 95.9 Å². The zero-order valence-electron chi connectivity index (χ0n) is 19.8. The van der Waals surface area contributed by atoms with Gasteiger partial charge in [-0.15, -0.1) is 0 Å². The monoisotopic (exact) mass is 465 g/mol. The van der Waals surface area contributed by atoms with Gasteiger partial charge in [-0.05, 0) is 29.3 Å². The van der Waals surface area contributed by atoms with E-state index in [1.165, 1.54) is 0 Å². The maximum Gasteiger partial charge on any atom is 0.237 e. The number of hydrogen-bond acceptors (Lipinski definition) is 6. The molecule has 35 heavy (non-hydrogen) atoms. The fourth-order valence-corrected chi connectivity index (χ4v) is 4.26. The van der Waals surface area contributed by atoms with Crippen LogP contribution in [0, 0.1) is 11.3 Å². The van der Waals surface area contributed by atoms with Gasteiger partial charge in [0.2, 0.25) is 5.88 Å². The van der Waals surface area contributed by atoms with Crippen LogP contribution < -0.4 is 10.1 Å². The SMILES string of the molecule is C[C@@H](CO[C@@H](c1ccccc1)[C@@H]1CNc2cc(-c3cnn(C)c3)cnc2O1)c1ccc(C#N)cc1. The van der Waals surface area contributed by atoms with Crippen molar-refractivity contribution in [2.75, 3.05) is 18.5 Å². The highest BCUT2D eigenvalue weighted by Crippen LogP contribution is 2.35. The molecule has 0 bridgehead atoms. The lowest BCUT2D eigenvalue weighted by Crippen LogP contribution is -2.38. The summed E-state index contributed by atoms with van der Waals surface area (Å²) >= 11 is 0. The van der Waals surface area contributed by atoms with E-state index in [4.69, 9.17) is 14.7 Å². The average molecular weight is 466 g/mol. The van der Waals surface area contributed by atoms with Gasteiger partial charge in [0, 0.05) is 36.5 Å². The fraction of sp³-hybridized carbons (Fsp3) is 0.250. The maximum atomic E-state index is 9.05. The number of ether oxygens (including phenoxy) is 2. The van der Waals surface area contributed by atoms with E-state index in [-0.39, 0.29) is 18.1 Å². The molecule has 0 spiro atoms. The molecule has 3 heterocycles. The highest BCUT2D eigenvalue weighted by molar-refractivity contribution is 5.69. The number of rotatable bonds is 7. The first-order valence-corrected chi connectivity index (χ1v) is 11.7. The Hall–Kier alpha value is -4.15. The minimum absolute atomic E-state index is 0.165. The summed E-state index contributed by atoms with van der Waals surface area (Å²) in [5.74, 6) is 0.733. The molecule has 0 aliphatic carbocycles. The van der Waals surface area contributed by atoms with Gasteiger partial charge in [-0.1, -0.05) is 49.4 Å². The number of benzene rings is 2. The molecule has 1 N–H and O–H groups in total. The highest BCUT2D eigenvalue weighted by Gasteiger charge is 2.31. The summed E-state index contributed by atoms with van der Waals surface area (Å²) in [6.07, 6.45) is 5.09. The molecular formula is C28H27N5O2. The standard InChI is InChI=1S/C28H27N5O2/c1-19(21-10-8-20(13-29)9-11-21)18-34-27(22-6-4-3-5-7-22)26-16-30-25-12-23(14-31-28(25)35-26)24-15-32-33(2)17-24/h3-12,14-15,17,19,26-27,30H,16,18H2,1-2H3/t19-,26-,27-/m0/s1. The number of pyridine rings is 1. The van der Waals surface area contributed by atoms with E-state index in [9.17, 15) is 0 Å². The third kappa shape index (κ3) is 5.03. The van der Waals surface area contributed by atoms with Crippen LogP contribution in [0.25, 0.3) is 11.1 Å². The maximum absolute atomic E-state index is 9.05. The van der Waals surface area contributed by atoms with Crippen LogP contribution in [0.1, 0.15) is 35.6 Å². The van der Waals surface area contributed by atoms with Gasteiger partial charge in [0.25, 0.3) is 0 Å². The van der Waals surface area contributed by atoms with E-state index in [1.54, 1.807) is 4.68 Å². The molecular weight excluding hydrogens is 438 g/mol. The third-order valence-electron chi connectivity index (χ3n) is 6.25. The summed E-state index contributed by atoms with van der Waals surface area (Å²) < 4.78 is 14.6. The molecule has 1 aliphatic heterocycles. The van der Waals surface area contributed by atoms with Crippen LogP contribution in [-0.2, 0) is 11.8 Å². The highest BCUT2D eigenvalue weighted by atomic mass is 16.5. The number of nitrogens with zero attached hydrogens (tertiary/aromatic N) is 4. The van der Waals surface area contributed by atoms with E-state index < -0.39 is 0 Å². The van der Waals surface area contributed by atoms with Crippen molar-refractivity contribution in [3.63, 3.8) is 0 Å². The van der Waals surface area contributed by atoms with Gasteiger partial charge in [-0.25, -0.2) is 4.98 Å². The summed E-state index contributed by atoms with van der Waals surface area (Å²) in [4.78, 5) is 4.59. The van der Waals surface area contributed by atoms with Gasteiger partial charge in [0.1, 0.15) is 12.2 Å². The second kappa shape index (κ2) is 10.00. The Morgan fingerprint density at radius 3 is 2.63 bits per heavy atom. The van der Waals surface area contributed by atoms with Gasteiger partial charge in [0.05, 0.1) is 36.7 Å². The van der Waals surface area contributed by atoms with Crippen molar-refractivity contribution in [2.45, 2.75) is 25.0 Å². The van der Waals surface area contributed by atoms with Gasteiger partial charge in [0.15, 0.2) is 0 Å². The Morgan fingerprint density at radius 2 is 1.91 bits per heavy atom. The van der Waals surface area contributed by atoms with Crippen LogP contribution in [0.2, 0.25) is 0 Å². The van der Waals surface area contributed by atoms with E-state index in [1.807, 2.05) is 74.2 Å². The summed E-state index contributed by atoms with van der Waals surface area (Å²) in [6, 6.07) is 22.0. The van der Waals surface area contributed by atoms with Crippen LogP contribution in [0.4, 0.5) is 5.69 Å². The first-order valence-electron chi connectivity index (χ1n) is 11.7. The summed E-state index contributed by atoms with van der Waals surface area (Å²) in [5, 5.41) is 16.8. The van der Waals surface area contributed by atoms with Crippen LogP contribution in [0.15, 0.2) is 79.3 Å². The number of nitriles is 1. The number of hydrogen-bond donors (Lipinski definition) is 1. The van der Waals surface area contributed by atoms with Gasteiger partial charge < -0.3 is 14.8 Å². The minimum Gasteiger partial charge on any atom is -0.468 e. The number of nitrogens with one attached hydrogen (secondary N) is 1. The van der Waals surface area contributed by atoms with Crippen LogP contribution in [-0.4, -0.2) is 34.0 Å². The van der Waals surface area contributed by atoms with Crippen molar-refractivity contribution in [1.82, 2.24) is 14.8 Å². The number of fused-ring (bicyclic) bond motifs is 1. The van der Waals surface area contributed by atoms with Gasteiger partial charge in [-0.2, -0.15) is 10.4 Å². The van der Waals surface area contributed by atoms with E-state index in [0.717, 1.165) is 27.9 Å². The molecule has 0 unspecified atom stereocenters. The summed E-state index contributed by atoms with van der Waals surface area (Å²) in [6.45, 7) is 3.24. The Labute approximate surface area is 205 Å². The smallest absolute Gasteiger partial charge is 0.237 e. The van der Waals surface area contributed by atoms with Crippen molar-refractivity contribution in [3.8, 4) is 23.1 Å². The lowest BCUT2D eigenvalue weighted by Gasteiger charge is -2.33. The predicted molar refractivity (Wildman–Crippen MR) is 134 cm³/mol. The van der Waals surface area contributed by atoms with Crippen LogP contribution >= 0.6 is 0 Å². The molecule has 0 radical (unpaired) electrons. The second-order valence-electron chi connectivity index (χ2n) is 8.82. The molecule has 1 aliphatic rings. The largest absolute Gasteiger partial charge is 0.468 e. The molecule has 7 heteroatoms. The fourth-order valence-electron chi connectivity index (χ4n) is 4.26. The molecule has 7 nitrogen and oxygen atoms in total. The normalized spacial score (nSPS) is 16.3. The lowest BCUT2D eigenvalue weighted by molar-refractivity contribution is -0.0305. The van der Waals surface area contributed by atoms with E-state index in [2.05, 4.69) is 40.5 Å². The molecule has 2 aromatic carbocycles. The van der Waals surface area contributed by atoms with Crippen molar-refractivity contribution < 1.29 is 9.47 Å². The van der Waals surface area contributed by atoms with Crippen molar-refractivity contribution in [1.29, 1.82) is 5.26 Å². The third-order valence-corrected chi connectivity index (χ3v) is 6.25.